The minimum atomic E-state index is 0.750. The fraction of sp³-hybridized carbons (Fsp3) is 0.692. The topological polar surface area (TPSA) is 3.24 Å². The van der Waals surface area contributed by atoms with E-state index in [0.717, 1.165) is 5.92 Å². The average molecular weight is 191 g/mol. The van der Waals surface area contributed by atoms with E-state index in [-0.39, 0.29) is 0 Å². The van der Waals surface area contributed by atoms with Crippen LogP contribution in [0.5, 0.6) is 0 Å². The molecule has 2 rings (SSSR count). The van der Waals surface area contributed by atoms with Crippen LogP contribution >= 0.6 is 0 Å². The van der Waals surface area contributed by atoms with E-state index >= 15 is 0 Å². The molecule has 0 aromatic carbocycles. The lowest BCUT2D eigenvalue weighted by molar-refractivity contribution is 0.247. The fourth-order valence-electron chi connectivity index (χ4n) is 2.26. The van der Waals surface area contributed by atoms with E-state index in [9.17, 15) is 0 Å². The number of hydrogen-bond acceptors (Lipinski definition) is 1. The van der Waals surface area contributed by atoms with E-state index in [2.05, 4.69) is 30.1 Å². The summed E-state index contributed by atoms with van der Waals surface area (Å²) in [5.41, 5.74) is 1.53. The third-order valence-corrected chi connectivity index (χ3v) is 3.25. The van der Waals surface area contributed by atoms with E-state index in [0.29, 0.717) is 0 Å². The maximum Gasteiger partial charge on any atom is 0.0230 e. The van der Waals surface area contributed by atoms with Crippen molar-refractivity contribution in [2.75, 3.05) is 19.6 Å². The first-order chi connectivity index (χ1) is 6.84. The Labute approximate surface area is 87.5 Å². The molecule has 1 heteroatoms. The molecule has 0 aromatic heterocycles. The van der Waals surface area contributed by atoms with Gasteiger partial charge in [0.25, 0.3) is 0 Å². The van der Waals surface area contributed by atoms with E-state index in [1.165, 1.54) is 50.9 Å². The Morgan fingerprint density at radius 2 is 2.07 bits per heavy atom. The molecule has 1 aliphatic heterocycles. The van der Waals surface area contributed by atoms with Gasteiger partial charge in [0.1, 0.15) is 0 Å². The average Bonchev–Trinajstić information content (AvgIpc) is 2.23. The molecule has 2 aliphatic rings. The van der Waals surface area contributed by atoms with Gasteiger partial charge in [0, 0.05) is 6.54 Å². The molecule has 1 saturated heterocycles. The zero-order valence-corrected chi connectivity index (χ0v) is 9.21. The van der Waals surface area contributed by atoms with Gasteiger partial charge in [0.2, 0.25) is 0 Å². The normalized spacial score (nSPS) is 28.9. The van der Waals surface area contributed by atoms with Crippen LogP contribution < -0.4 is 0 Å². The van der Waals surface area contributed by atoms with Crippen LogP contribution in [0.15, 0.2) is 23.8 Å². The number of allylic oxidation sites excluding steroid dienone is 2. The molecule has 1 unspecified atom stereocenters. The highest BCUT2D eigenvalue weighted by molar-refractivity contribution is 5.24. The lowest BCUT2D eigenvalue weighted by Crippen LogP contribution is -2.31. The second-order valence-corrected chi connectivity index (χ2v) is 4.69. The second-order valence-electron chi connectivity index (χ2n) is 4.69. The smallest absolute Gasteiger partial charge is 0.0230 e. The second kappa shape index (κ2) is 4.79. The molecule has 0 bridgehead atoms. The summed E-state index contributed by atoms with van der Waals surface area (Å²) in [6.07, 6.45) is 12.5. The molecule has 0 radical (unpaired) electrons. The van der Waals surface area contributed by atoms with Crippen molar-refractivity contribution in [2.24, 2.45) is 5.92 Å². The molecule has 0 amide bonds. The summed E-state index contributed by atoms with van der Waals surface area (Å²) in [5, 5.41) is 0. The SMILES string of the molecule is CC1C=CC(CN2CCCCC2)=CC1. The molecule has 78 valence electrons. The highest BCUT2D eigenvalue weighted by Gasteiger charge is 2.11. The van der Waals surface area contributed by atoms with Gasteiger partial charge in [-0.1, -0.05) is 31.6 Å². The van der Waals surface area contributed by atoms with Crippen LogP contribution in [0.1, 0.15) is 32.6 Å². The Hall–Kier alpha value is -0.560. The number of nitrogens with zero attached hydrogens (tertiary/aromatic N) is 1. The number of likely N-dealkylation sites (tertiary alicyclic amines) is 1. The Morgan fingerprint density at radius 3 is 2.71 bits per heavy atom. The molecule has 0 spiro atoms. The summed E-state index contributed by atoms with van der Waals surface area (Å²) in [7, 11) is 0. The van der Waals surface area contributed by atoms with Crippen LogP contribution in [0, 0.1) is 5.92 Å². The van der Waals surface area contributed by atoms with E-state index in [4.69, 9.17) is 0 Å². The Morgan fingerprint density at radius 1 is 1.29 bits per heavy atom. The van der Waals surface area contributed by atoms with Crippen LogP contribution in [0.25, 0.3) is 0 Å². The van der Waals surface area contributed by atoms with Crippen molar-refractivity contribution in [3.8, 4) is 0 Å². The number of hydrogen-bond donors (Lipinski definition) is 0. The van der Waals surface area contributed by atoms with Gasteiger partial charge in [-0.15, -0.1) is 0 Å². The van der Waals surface area contributed by atoms with E-state index in [1.54, 1.807) is 0 Å². The summed E-state index contributed by atoms with van der Waals surface area (Å²) >= 11 is 0. The predicted octanol–water partition coefficient (Wildman–Crippen LogP) is 2.99. The first-order valence-corrected chi connectivity index (χ1v) is 5.94. The van der Waals surface area contributed by atoms with Crippen LogP contribution in [-0.4, -0.2) is 24.5 Å². The summed E-state index contributed by atoms with van der Waals surface area (Å²) in [4.78, 5) is 2.59. The van der Waals surface area contributed by atoms with Crippen molar-refractivity contribution in [1.82, 2.24) is 4.90 Å². The molecular weight excluding hydrogens is 170 g/mol. The van der Waals surface area contributed by atoms with Gasteiger partial charge in [-0.2, -0.15) is 0 Å². The summed E-state index contributed by atoms with van der Waals surface area (Å²) in [6.45, 7) is 6.08. The fourth-order valence-corrected chi connectivity index (χ4v) is 2.26. The van der Waals surface area contributed by atoms with Gasteiger partial charge in [0.05, 0.1) is 0 Å². The Balaban J connectivity index is 1.82. The minimum Gasteiger partial charge on any atom is -0.299 e. The lowest BCUT2D eigenvalue weighted by Gasteiger charge is -2.27. The monoisotopic (exact) mass is 191 g/mol. The van der Waals surface area contributed by atoms with Gasteiger partial charge in [0.15, 0.2) is 0 Å². The summed E-state index contributed by atoms with van der Waals surface area (Å²) in [6, 6.07) is 0. The van der Waals surface area contributed by atoms with E-state index in [1.807, 2.05) is 0 Å². The van der Waals surface area contributed by atoms with Crippen LogP contribution in [-0.2, 0) is 0 Å². The molecular formula is C13H21N. The third kappa shape index (κ3) is 2.71. The van der Waals surface area contributed by atoms with Crippen molar-refractivity contribution in [1.29, 1.82) is 0 Å². The lowest BCUT2D eigenvalue weighted by atomic mass is 9.98. The molecule has 14 heavy (non-hydrogen) atoms. The molecule has 0 saturated carbocycles. The predicted molar refractivity (Wildman–Crippen MR) is 61.3 cm³/mol. The van der Waals surface area contributed by atoms with Crippen molar-refractivity contribution in [3.63, 3.8) is 0 Å². The molecule has 0 N–H and O–H groups in total. The maximum atomic E-state index is 2.59. The molecule has 1 heterocycles. The molecule has 1 fully saturated rings. The molecule has 1 aliphatic carbocycles. The molecule has 1 nitrogen and oxygen atoms in total. The summed E-state index contributed by atoms with van der Waals surface area (Å²) < 4.78 is 0. The number of rotatable bonds is 2. The largest absolute Gasteiger partial charge is 0.299 e. The van der Waals surface area contributed by atoms with Crippen LogP contribution in [0.2, 0.25) is 0 Å². The highest BCUT2D eigenvalue weighted by atomic mass is 15.1. The van der Waals surface area contributed by atoms with Gasteiger partial charge in [-0.05, 0) is 43.8 Å². The third-order valence-electron chi connectivity index (χ3n) is 3.25. The first kappa shape index (κ1) is 9.97. The van der Waals surface area contributed by atoms with Crippen LogP contribution in [0.3, 0.4) is 0 Å². The standard InChI is InChI=1S/C13H21N/c1-12-5-7-13(8-6-12)11-14-9-3-2-4-10-14/h5,7-8,12H,2-4,6,9-11H2,1H3. The molecule has 0 aromatic rings. The zero-order chi connectivity index (χ0) is 9.80. The highest BCUT2D eigenvalue weighted by Crippen LogP contribution is 2.18. The van der Waals surface area contributed by atoms with Gasteiger partial charge in [-0.25, -0.2) is 0 Å². The minimum absolute atomic E-state index is 0.750. The number of piperidine rings is 1. The maximum absolute atomic E-state index is 2.59. The Kier molecular flexibility index (Phi) is 3.41. The van der Waals surface area contributed by atoms with Crippen molar-refractivity contribution in [3.05, 3.63) is 23.8 Å². The van der Waals surface area contributed by atoms with E-state index < -0.39 is 0 Å². The van der Waals surface area contributed by atoms with Crippen molar-refractivity contribution < 1.29 is 0 Å². The molecule has 1 atom stereocenters. The summed E-state index contributed by atoms with van der Waals surface area (Å²) in [5.74, 6) is 0.750. The quantitative estimate of drug-likeness (QED) is 0.648. The van der Waals surface area contributed by atoms with Gasteiger partial charge >= 0.3 is 0 Å². The van der Waals surface area contributed by atoms with Crippen LogP contribution in [0.4, 0.5) is 0 Å². The Bertz CT molecular complexity index is 234. The zero-order valence-electron chi connectivity index (χ0n) is 9.21. The van der Waals surface area contributed by atoms with Gasteiger partial charge < -0.3 is 0 Å². The first-order valence-electron chi connectivity index (χ1n) is 5.94. The van der Waals surface area contributed by atoms with Gasteiger partial charge in [-0.3, -0.25) is 4.90 Å². The van der Waals surface area contributed by atoms with Crippen molar-refractivity contribution in [2.45, 2.75) is 32.6 Å². The van der Waals surface area contributed by atoms with Crippen molar-refractivity contribution >= 4 is 0 Å².